The van der Waals surface area contributed by atoms with Crippen LogP contribution in [0.1, 0.15) is 0 Å². The second kappa shape index (κ2) is 10.8. The number of carbonyl (C=O) groups is 1. The Hall–Kier alpha value is -4.06. The van der Waals surface area contributed by atoms with Gasteiger partial charge in [0.1, 0.15) is 17.2 Å². The molecule has 0 atom stereocenters. The van der Waals surface area contributed by atoms with Crippen LogP contribution >= 0.6 is 6.72 Å². The highest BCUT2D eigenvalue weighted by atomic mass is 32.5. The summed E-state index contributed by atoms with van der Waals surface area (Å²) in [5.41, 5.74) is 1.36. The van der Waals surface area contributed by atoms with Crippen molar-refractivity contribution in [1.29, 1.82) is 0 Å². The fraction of sp³-hybridized carbons (Fsp3) is 0. The van der Waals surface area contributed by atoms with Gasteiger partial charge >= 0.3 is 6.72 Å². The van der Waals surface area contributed by atoms with Gasteiger partial charge < -0.3 is 18.9 Å². The average Bonchev–Trinajstić information content (AvgIpc) is 2.78. The van der Waals surface area contributed by atoms with Crippen molar-refractivity contribution in [3.8, 4) is 17.2 Å². The van der Waals surface area contributed by atoms with Gasteiger partial charge in [0.15, 0.2) is 0 Å². The monoisotopic (exact) mass is 467 g/mol. The summed E-state index contributed by atoms with van der Waals surface area (Å²) in [6.45, 7) is -3.45. The zero-order chi connectivity index (χ0) is 22.8. The van der Waals surface area contributed by atoms with Crippen LogP contribution < -0.4 is 18.9 Å². The van der Waals surface area contributed by atoms with E-state index in [4.69, 9.17) is 25.4 Å². The van der Waals surface area contributed by atoms with Crippen molar-refractivity contribution in [3.63, 3.8) is 0 Å². The van der Waals surface area contributed by atoms with Crippen LogP contribution in [-0.2, 0) is 26.2 Å². The standard InChI is InChI=1S/C21H14N3O6PS/c25-13-22-16-1-7-19(8-2-16)28-31(32,29-20-9-3-17(4-10-20)23-14-26)30-21-11-5-18(6-12-21)24-15-27/h1-13H,(H,22,25). The zero-order valence-corrected chi connectivity index (χ0v) is 17.9. The fourth-order valence-corrected chi connectivity index (χ4v) is 4.42. The summed E-state index contributed by atoms with van der Waals surface area (Å²) in [6, 6.07) is 18.9. The number of nitrogens with zero attached hydrogens (tertiary/aromatic N) is 2. The molecule has 3 aromatic rings. The Morgan fingerprint density at radius 3 is 1.44 bits per heavy atom. The summed E-state index contributed by atoms with van der Waals surface area (Å²) < 4.78 is 17.7. The maximum atomic E-state index is 10.6. The minimum atomic E-state index is -3.45. The van der Waals surface area contributed by atoms with Gasteiger partial charge in [0, 0.05) is 17.5 Å². The Kier molecular flexibility index (Phi) is 7.65. The predicted molar refractivity (Wildman–Crippen MR) is 121 cm³/mol. The third-order valence-electron chi connectivity index (χ3n) is 3.75. The number of anilines is 1. The van der Waals surface area contributed by atoms with Crippen LogP contribution in [0, 0.1) is 0 Å². The molecule has 11 heteroatoms. The molecule has 0 radical (unpaired) electrons. The molecule has 1 N–H and O–H groups in total. The molecule has 0 bridgehead atoms. The average molecular weight is 467 g/mol. The normalized spacial score (nSPS) is 11.6. The van der Waals surface area contributed by atoms with Gasteiger partial charge in [-0.1, -0.05) is 0 Å². The third kappa shape index (κ3) is 6.47. The van der Waals surface area contributed by atoms with E-state index in [-0.39, 0.29) is 0 Å². The first kappa shape index (κ1) is 22.6. The lowest BCUT2D eigenvalue weighted by atomic mass is 10.3. The molecule has 32 heavy (non-hydrogen) atoms. The van der Waals surface area contributed by atoms with E-state index in [9.17, 15) is 14.4 Å². The first-order chi connectivity index (χ1) is 15.5. The number of nitrogens with one attached hydrogen (secondary N) is 1. The summed E-state index contributed by atoms with van der Waals surface area (Å²) in [5, 5.41) is 2.52. The van der Waals surface area contributed by atoms with Crippen molar-refractivity contribution in [1.82, 2.24) is 0 Å². The second-order valence-electron chi connectivity index (χ2n) is 5.90. The van der Waals surface area contributed by atoms with Gasteiger partial charge in [-0.15, -0.1) is 0 Å². The maximum absolute atomic E-state index is 10.6. The Morgan fingerprint density at radius 2 is 1.09 bits per heavy atom. The van der Waals surface area contributed by atoms with Gasteiger partial charge in [-0.25, -0.2) is 9.59 Å². The Bertz CT molecular complexity index is 1150. The van der Waals surface area contributed by atoms with Crippen LogP contribution in [0.5, 0.6) is 17.2 Å². The Balaban J connectivity index is 1.87. The maximum Gasteiger partial charge on any atom is 0.490 e. The van der Waals surface area contributed by atoms with E-state index in [1.54, 1.807) is 72.8 Å². The molecule has 1 amide bonds. The molecular weight excluding hydrogens is 453 g/mol. The number of hydrogen-bond donors (Lipinski definition) is 1. The molecular formula is C21H14N3O6PS. The number of hydrogen-bond acceptors (Lipinski definition) is 9. The molecule has 0 aliphatic carbocycles. The van der Waals surface area contributed by atoms with E-state index in [2.05, 4.69) is 15.3 Å². The van der Waals surface area contributed by atoms with Crippen molar-refractivity contribution < 1.29 is 28.0 Å². The van der Waals surface area contributed by atoms with Crippen molar-refractivity contribution in [2.75, 3.05) is 5.32 Å². The van der Waals surface area contributed by atoms with Gasteiger partial charge in [-0.3, -0.25) is 4.79 Å². The van der Waals surface area contributed by atoms with Gasteiger partial charge in [0.25, 0.3) is 0 Å². The molecule has 9 nitrogen and oxygen atoms in total. The molecule has 0 aromatic heterocycles. The highest BCUT2D eigenvalue weighted by Crippen LogP contribution is 2.50. The molecule has 3 aromatic carbocycles. The first-order valence-corrected chi connectivity index (χ1v) is 11.4. The zero-order valence-electron chi connectivity index (χ0n) is 16.2. The summed E-state index contributed by atoms with van der Waals surface area (Å²) >= 11 is 5.60. The first-order valence-electron chi connectivity index (χ1n) is 8.88. The van der Waals surface area contributed by atoms with E-state index in [0.29, 0.717) is 40.7 Å². The Morgan fingerprint density at radius 1 is 0.719 bits per heavy atom. The molecule has 160 valence electrons. The number of carbonyl (C=O) groups excluding carboxylic acids is 3. The molecule has 0 aliphatic heterocycles. The van der Waals surface area contributed by atoms with Crippen LogP contribution in [0.15, 0.2) is 82.8 Å². The quantitative estimate of drug-likeness (QED) is 0.194. The van der Waals surface area contributed by atoms with Crippen LogP contribution in [0.4, 0.5) is 17.1 Å². The topological polar surface area (TPSA) is 116 Å². The van der Waals surface area contributed by atoms with E-state index in [1.165, 1.54) is 12.2 Å². The molecule has 0 saturated carbocycles. The highest BCUT2D eigenvalue weighted by molar-refractivity contribution is 8.08. The van der Waals surface area contributed by atoms with E-state index in [1.807, 2.05) is 0 Å². The molecule has 3 rings (SSSR count). The van der Waals surface area contributed by atoms with Gasteiger partial charge in [-0.05, 0) is 72.8 Å². The SMILES string of the molecule is O=C=Nc1ccc(OP(=S)(Oc2ccc(N=C=O)cc2)Oc2ccc(NC=O)cc2)cc1. The van der Waals surface area contributed by atoms with Gasteiger partial charge in [0.05, 0.1) is 11.4 Å². The van der Waals surface area contributed by atoms with E-state index in [0.717, 1.165) is 0 Å². The van der Waals surface area contributed by atoms with Crippen molar-refractivity contribution in [2.24, 2.45) is 9.98 Å². The number of rotatable bonds is 10. The van der Waals surface area contributed by atoms with E-state index < -0.39 is 6.72 Å². The van der Waals surface area contributed by atoms with Crippen molar-refractivity contribution in [2.45, 2.75) is 0 Å². The van der Waals surface area contributed by atoms with Gasteiger partial charge in [-0.2, -0.15) is 9.98 Å². The Labute approximate surface area is 187 Å². The van der Waals surface area contributed by atoms with Crippen molar-refractivity contribution >= 4 is 54.2 Å². The smallest absolute Gasteiger partial charge is 0.407 e. The largest absolute Gasteiger partial charge is 0.490 e. The van der Waals surface area contributed by atoms with Crippen LogP contribution in [0.3, 0.4) is 0 Å². The molecule has 0 unspecified atom stereocenters. The summed E-state index contributed by atoms with van der Waals surface area (Å²) in [7, 11) is 0. The summed E-state index contributed by atoms with van der Waals surface area (Å²) in [4.78, 5) is 38.4. The molecule has 0 saturated heterocycles. The van der Waals surface area contributed by atoms with Crippen LogP contribution in [-0.4, -0.2) is 18.6 Å². The van der Waals surface area contributed by atoms with Crippen LogP contribution in [0.25, 0.3) is 0 Å². The van der Waals surface area contributed by atoms with Crippen molar-refractivity contribution in [3.05, 3.63) is 72.8 Å². The lowest BCUT2D eigenvalue weighted by Crippen LogP contribution is -2.07. The summed E-state index contributed by atoms with van der Waals surface area (Å²) in [5.74, 6) is 1.02. The molecule has 0 spiro atoms. The molecule has 0 aliphatic rings. The summed E-state index contributed by atoms with van der Waals surface area (Å²) in [6.07, 6.45) is 3.47. The van der Waals surface area contributed by atoms with E-state index >= 15 is 0 Å². The molecule has 0 fully saturated rings. The highest BCUT2D eigenvalue weighted by Gasteiger charge is 2.27. The number of isocyanates is 2. The lowest BCUT2D eigenvalue weighted by Gasteiger charge is -2.23. The fourth-order valence-electron chi connectivity index (χ4n) is 2.39. The van der Waals surface area contributed by atoms with Gasteiger partial charge in [0.2, 0.25) is 18.6 Å². The number of benzene rings is 3. The minimum Gasteiger partial charge on any atom is -0.407 e. The lowest BCUT2D eigenvalue weighted by molar-refractivity contribution is -0.105. The molecule has 0 heterocycles. The third-order valence-corrected chi connectivity index (χ3v) is 5.73. The number of aliphatic imine (C=N–C) groups is 2. The second-order valence-corrected chi connectivity index (χ2v) is 8.69. The van der Waals surface area contributed by atoms with Crippen LogP contribution in [0.2, 0.25) is 0 Å². The predicted octanol–water partition coefficient (Wildman–Crippen LogP) is 4.95. The minimum absolute atomic E-state index is 0.333. The number of amides is 1.